The van der Waals surface area contributed by atoms with Gasteiger partial charge >= 0.3 is 11.8 Å². The number of rotatable bonds is 4. The first-order valence-electron chi connectivity index (χ1n) is 12.1. The number of hydrogen-bond donors (Lipinski definition) is 1. The molecule has 1 amide bonds. The van der Waals surface area contributed by atoms with Crippen LogP contribution in [0.2, 0.25) is 0 Å². The van der Waals surface area contributed by atoms with E-state index in [2.05, 4.69) is 0 Å². The van der Waals surface area contributed by atoms with Crippen LogP contribution in [0, 0.1) is 5.41 Å². The molecule has 1 fully saturated rings. The van der Waals surface area contributed by atoms with Gasteiger partial charge in [0.1, 0.15) is 5.82 Å². The number of benzene rings is 1. The molecule has 2 unspecified atom stereocenters. The lowest BCUT2D eigenvalue weighted by molar-refractivity contribution is 0.0637. The number of pyridine rings is 1. The second kappa shape index (κ2) is 7.78. The molecule has 1 N–H and O–H groups in total. The molecule has 0 saturated heterocycles. The highest BCUT2D eigenvalue weighted by Gasteiger charge is 2.68. The minimum atomic E-state index is -2.78. The summed E-state index contributed by atoms with van der Waals surface area (Å²) in [5.41, 5.74) is 0.593. The van der Waals surface area contributed by atoms with Crippen LogP contribution in [0.1, 0.15) is 39.7 Å². The van der Waals surface area contributed by atoms with Crippen LogP contribution in [0.3, 0.4) is 0 Å². The Hall–Kier alpha value is -3.43. The first-order valence-corrected chi connectivity index (χ1v) is 12.1. The lowest BCUT2D eigenvalue weighted by Crippen LogP contribution is -2.56. The van der Waals surface area contributed by atoms with Gasteiger partial charge in [-0.2, -0.15) is 0 Å². The third-order valence-corrected chi connectivity index (χ3v) is 7.55. The third kappa shape index (κ3) is 3.74. The first kappa shape index (κ1) is 24.3. The van der Waals surface area contributed by atoms with Crippen molar-refractivity contribution in [2.45, 2.75) is 64.6 Å². The summed E-state index contributed by atoms with van der Waals surface area (Å²) in [6.45, 7) is 7.42. The predicted molar refractivity (Wildman–Crippen MR) is 133 cm³/mol. The second-order valence-electron chi connectivity index (χ2n) is 11.3. The van der Waals surface area contributed by atoms with E-state index in [4.69, 9.17) is 4.98 Å². The quantitative estimate of drug-likeness (QED) is 0.566. The normalized spacial score (nSPS) is 23.0. The third-order valence-electron chi connectivity index (χ3n) is 7.55. The summed E-state index contributed by atoms with van der Waals surface area (Å²) in [7, 11) is 1.59. The molecule has 1 saturated carbocycles. The number of anilines is 2. The molecule has 8 nitrogen and oxygen atoms in total. The number of carbonyl (C=O) groups is 1. The van der Waals surface area contributed by atoms with Crippen LogP contribution in [0.25, 0.3) is 11.2 Å². The summed E-state index contributed by atoms with van der Waals surface area (Å²) < 4.78 is 30.6. The van der Waals surface area contributed by atoms with Gasteiger partial charge in [-0.05, 0) is 51.0 Å². The van der Waals surface area contributed by atoms with Crippen molar-refractivity contribution in [2.75, 3.05) is 11.4 Å². The van der Waals surface area contributed by atoms with Crippen LogP contribution in [0.5, 0.6) is 0 Å². The average Bonchev–Trinajstić information content (AvgIpc) is 3.21. The standard InChI is InChI=1S/C26H31F2N5O3/c1-24(2,3)33(23(35)36)17-12-16-8-6-7-9-18(16)31(13-17)20-11-10-19-21(29-20)30(5)22(34)32(19)15-25(4)14-26(25,27)28/h6-11,17H,12-15H2,1-5H3,(H,35,36). The Labute approximate surface area is 207 Å². The number of aryl methyl sites for hydroxylation is 1. The van der Waals surface area contributed by atoms with Crippen molar-refractivity contribution in [3.8, 4) is 0 Å². The number of amides is 1. The van der Waals surface area contributed by atoms with Crippen LogP contribution in [0.4, 0.5) is 25.1 Å². The summed E-state index contributed by atoms with van der Waals surface area (Å²) in [6.07, 6.45) is -0.658. The van der Waals surface area contributed by atoms with E-state index in [0.717, 1.165) is 11.3 Å². The fraction of sp³-hybridized carbons (Fsp3) is 0.500. The molecule has 1 aromatic carbocycles. The topological polar surface area (TPSA) is 83.6 Å². The van der Waals surface area contributed by atoms with Crippen molar-refractivity contribution in [3.05, 3.63) is 52.4 Å². The molecular formula is C26H31F2N5O3. The van der Waals surface area contributed by atoms with Gasteiger partial charge in [-0.25, -0.2) is 23.4 Å². The minimum Gasteiger partial charge on any atom is -0.465 e. The van der Waals surface area contributed by atoms with Crippen molar-refractivity contribution in [2.24, 2.45) is 12.5 Å². The summed E-state index contributed by atoms with van der Waals surface area (Å²) in [4.78, 5) is 33.4. The van der Waals surface area contributed by atoms with E-state index >= 15 is 0 Å². The van der Waals surface area contributed by atoms with E-state index < -0.39 is 23.0 Å². The van der Waals surface area contributed by atoms with Crippen molar-refractivity contribution in [3.63, 3.8) is 0 Å². The number of para-hydroxylation sites is 1. The van der Waals surface area contributed by atoms with Gasteiger partial charge in [-0.3, -0.25) is 14.0 Å². The molecule has 2 aliphatic rings. The second-order valence-corrected chi connectivity index (χ2v) is 11.3. The van der Waals surface area contributed by atoms with E-state index in [1.165, 1.54) is 21.0 Å². The van der Waals surface area contributed by atoms with Crippen molar-refractivity contribution in [1.82, 2.24) is 19.0 Å². The van der Waals surface area contributed by atoms with Gasteiger partial charge in [0, 0.05) is 37.8 Å². The first-order chi connectivity index (χ1) is 16.7. The van der Waals surface area contributed by atoms with E-state index in [9.17, 15) is 23.5 Å². The Bertz CT molecular complexity index is 1420. The Kier molecular flexibility index (Phi) is 5.25. The largest absolute Gasteiger partial charge is 0.465 e. The number of halogens is 2. The molecule has 36 heavy (non-hydrogen) atoms. The van der Waals surface area contributed by atoms with Gasteiger partial charge in [0.25, 0.3) is 5.92 Å². The van der Waals surface area contributed by atoms with Crippen LogP contribution in [-0.2, 0) is 20.0 Å². The van der Waals surface area contributed by atoms with E-state index in [-0.39, 0.29) is 24.7 Å². The summed E-state index contributed by atoms with van der Waals surface area (Å²) in [5, 5.41) is 10.0. The van der Waals surface area contributed by atoms with Gasteiger partial charge in [0.15, 0.2) is 5.65 Å². The molecular weight excluding hydrogens is 468 g/mol. The molecule has 0 spiro atoms. The zero-order valence-electron chi connectivity index (χ0n) is 21.1. The SMILES string of the molecule is Cn1c(=O)n(CC2(C)CC2(F)F)c2ccc(N3CC(N(C(=O)O)C(C)(C)C)Cc4ccccc43)nc21. The van der Waals surface area contributed by atoms with Crippen LogP contribution < -0.4 is 10.6 Å². The molecule has 5 rings (SSSR count). The fourth-order valence-electron chi connectivity index (χ4n) is 5.49. The van der Waals surface area contributed by atoms with Gasteiger partial charge < -0.3 is 10.0 Å². The maximum absolute atomic E-state index is 13.9. The average molecular weight is 500 g/mol. The Balaban J connectivity index is 1.58. The van der Waals surface area contributed by atoms with Crippen LogP contribution >= 0.6 is 0 Å². The molecule has 1 aliphatic carbocycles. The Morgan fingerprint density at radius 2 is 1.89 bits per heavy atom. The van der Waals surface area contributed by atoms with E-state index in [0.29, 0.717) is 29.9 Å². The van der Waals surface area contributed by atoms with Gasteiger partial charge in [0.05, 0.1) is 17.0 Å². The molecule has 1 aliphatic heterocycles. The summed E-state index contributed by atoms with van der Waals surface area (Å²) >= 11 is 0. The van der Waals surface area contributed by atoms with Crippen molar-refractivity contribution >= 4 is 28.8 Å². The van der Waals surface area contributed by atoms with Gasteiger partial charge in [0.2, 0.25) is 0 Å². The summed E-state index contributed by atoms with van der Waals surface area (Å²) in [5.74, 6) is -2.22. The maximum atomic E-state index is 13.9. The minimum absolute atomic E-state index is 0.0784. The van der Waals surface area contributed by atoms with E-state index in [1.54, 1.807) is 19.2 Å². The number of aromatic nitrogens is 3. The highest BCUT2D eigenvalue weighted by Crippen LogP contribution is 2.61. The Morgan fingerprint density at radius 1 is 1.22 bits per heavy atom. The predicted octanol–water partition coefficient (Wildman–Crippen LogP) is 4.62. The number of hydrogen-bond acceptors (Lipinski definition) is 4. The van der Waals surface area contributed by atoms with Crippen molar-refractivity contribution in [1.29, 1.82) is 0 Å². The van der Waals surface area contributed by atoms with Gasteiger partial charge in [-0.15, -0.1) is 0 Å². The van der Waals surface area contributed by atoms with Crippen LogP contribution in [0.15, 0.2) is 41.2 Å². The van der Waals surface area contributed by atoms with Crippen molar-refractivity contribution < 1.29 is 18.7 Å². The Morgan fingerprint density at radius 3 is 2.50 bits per heavy atom. The number of alkyl halides is 2. The molecule has 3 heterocycles. The number of nitrogens with zero attached hydrogens (tertiary/aromatic N) is 5. The number of imidazole rings is 1. The highest BCUT2D eigenvalue weighted by atomic mass is 19.3. The molecule has 0 radical (unpaired) electrons. The smallest absolute Gasteiger partial charge is 0.408 e. The molecule has 192 valence electrons. The highest BCUT2D eigenvalue weighted by molar-refractivity contribution is 5.77. The lowest BCUT2D eigenvalue weighted by atomic mass is 9.93. The van der Waals surface area contributed by atoms with Crippen LogP contribution in [-0.4, -0.2) is 54.3 Å². The zero-order chi connectivity index (χ0) is 26.2. The molecule has 0 bridgehead atoms. The monoisotopic (exact) mass is 499 g/mol. The fourth-order valence-corrected chi connectivity index (χ4v) is 5.49. The zero-order valence-corrected chi connectivity index (χ0v) is 21.1. The maximum Gasteiger partial charge on any atom is 0.408 e. The molecule has 10 heteroatoms. The number of carboxylic acid groups (broad SMARTS) is 1. The molecule has 2 atom stereocenters. The number of fused-ring (bicyclic) bond motifs is 2. The molecule has 2 aromatic heterocycles. The van der Waals surface area contributed by atoms with Gasteiger partial charge in [-0.1, -0.05) is 25.1 Å². The molecule has 3 aromatic rings. The summed E-state index contributed by atoms with van der Waals surface area (Å²) in [6, 6.07) is 11.0. The van der Waals surface area contributed by atoms with E-state index in [1.807, 2.05) is 49.9 Å². The lowest BCUT2D eigenvalue weighted by Gasteiger charge is -2.45.